The number of ether oxygens (including phenoxy) is 1. The van der Waals surface area contributed by atoms with Crippen molar-refractivity contribution in [3.63, 3.8) is 0 Å². The van der Waals surface area contributed by atoms with Gasteiger partial charge in [0, 0.05) is 7.05 Å². The second-order valence-electron chi connectivity index (χ2n) is 4.06. The SMILES string of the molecule is COc1ccccc1N(C)C(=NC1CC1)NN. The lowest BCUT2D eigenvalue weighted by Crippen LogP contribution is -2.43. The molecule has 1 saturated carbocycles. The minimum atomic E-state index is 0.415. The third-order valence-corrected chi connectivity index (χ3v) is 2.75. The molecule has 0 aliphatic heterocycles. The standard InChI is InChI=1S/C12H18N4O/c1-16(12(15-13)14-9-7-8-9)10-5-3-4-6-11(10)17-2/h3-6,9H,7-8,13H2,1-2H3,(H,14,15). The highest BCUT2D eigenvalue weighted by Gasteiger charge is 2.22. The van der Waals surface area contributed by atoms with Gasteiger partial charge in [-0.15, -0.1) is 0 Å². The Kier molecular flexibility index (Phi) is 3.49. The molecule has 5 nitrogen and oxygen atoms in total. The Balaban J connectivity index is 2.24. The second kappa shape index (κ2) is 5.05. The summed E-state index contributed by atoms with van der Waals surface area (Å²) in [5.41, 5.74) is 3.58. The number of aliphatic imine (C=N–C) groups is 1. The number of benzene rings is 1. The smallest absolute Gasteiger partial charge is 0.213 e. The van der Waals surface area contributed by atoms with Crippen molar-refractivity contribution in [2.45, 2.75) is 18.9 Å². The Labute approximate surface area is 101 Å². The van der Waals surface area contributed by atoms with Crippen LogP contribution < -0.4 is 20.9 Å². The molecule has 2 rings (SSSR count). The summed E-state index contributed by atoms with van der Waals surface area (Å²) >= 11 is 0. The van der Waals surface area contributed by atoms with E-state index in [1.807, 2.05) is 36.2 Å². The van der Waals surface area contributed by atoms with E-state index in [-0.39, 0.29) is 0 Å². The van der Waals surface area contributed by atoms with E-state index >= 15 is 0 Å². The first kappa shape index (κ1) is 11.7. The van der Waals surface area contributed by atoms with E-state index in [4.69, 9.17) is 10.6 Å². The number of anilines is 1. The Morgan fingerprint density at radius 2 is 2.18 bits per heavy atom. The summed E-state index contributed by atoms with van der Waals surface area (Å²) in [6.07, 6.45) is 2.29. The maximum absolute atomic E-state index is 5.52. The van der Waals surface area contributed by atoms with E-state index in [9.17, 15) is 0 Å². The molecule has 0 amide bonds. The van der Waals surface area contributed by atoms with Crippen LogP contribution in [-0.2, 0) is 0 Å². The topological polar surface area (TPSA) is 62.9 Å². The monoisotopic (exact) mass is 234 g/mol. The van der Waals surface area contributed by atoms with E-state index in [0.29, 0.717) is 12.0 Å². The van der Waals surface area contributed by atoms with E-state index in [0.717, 1.165) is 24.3 Å². The van der Waals surface area contributed by atoms with Crippen LogP contribution in [0.15, 0.2) is 29.3 Å². The Morgan fingerprint density at radius 3 is 2.76 bits per heavy atom. The highest BCUT2D eigenvalue weighted by molar-refractivity contribution is 5.96. The molecule has 0 heterocycles. The molecule has 1 aromatic carbocycles. The van der Waals surface area contributed by atoms with Crippen LogP contribution in [0.25, 0.3) is 0 Å². The summed E-state index contributed by atoms with van der Waals surface area (Å²) in [4.78, 5) is 6.41. The summed E-state index contributed by atoms with van der Waals surface area (Å²) in [6, 6.07) is 8.19. The second-order valence-corrected chi connectivity index (χ2v) is 4.06. The van der Waals surface area contributed by atoms with Crippen LogP contribution in [0.4, 0.5) is 5.69 Å². The average Bonchev–Trinajstić information content (AvgIpc) is 3.19. The van der Waals surface area contributed by atoms with Crippen LogP contribution in [-0.4, -0.2) is 26.2 Å². The lowest BCUT2D eigenvalue weighted by atomic mass is 10.3. The van der Waals surface area contributed by atoms with E-state index in [1.165, 1.54) is 0 Å². The summed E-state index contributed by atoms with van der Waals surface area (Å²) < 4.78 is 5.32. The van der Waals surface area contributed by atoms with Gasteiger partial charge in [0.2, 0.25) is 5.96 Å². The Hall–Kier alpha value is -1.75. The van der Waals surface area contributed by atoms with Crippen molar-refractivity contribution in [1.29, 1.82) is 0 Å². The Morgan fingerprint density at radius 1 is 1.47 bits per heavy atom. The molecule has 17 heavy (non-hydrogen) atoms. The van der Waals surface area contributed by atoms with Gasteiger partial charge in [0.15, 0.2) is 0 Å². The molecule has 3 N–H and O–H groups in total. The van der Waals surface area contributed by atoms with Gasteiger partial charge >= 0.3 is 0 Å². The molecule has 0 atom stereocenters. The summed E-state index contributed by atoms with van der Waals surface area (Å²) in [5.74, 6) is 6.98. The predicted molar refractivity (Wildman–Crippen MR) is 69.2 cm³/mol. The summed E-state index contributed by atoms with van der Waals surface area (Å²) in [5, 5.41) is 0. The van der Waals surface area contributed by atoms with Crippen molar-refractivity contribution >= 4 is 11.6 Å². The third kappa shape index (κ3) is 2.68. The molecule has 0 bridgehead atoms. The van der Waals surface area contributed by atoms with Crippen LogP contribution in [0, 0.1) is 0 Å². The zero-order valence-corrected chi connectivity index (χ0v) is 10.2. The molecule has 0 saturated heterocycles. The van der Waals surface area contributed by atoms with Gasteiger partial charge < -0.3 is 9.64 Å². The molecule has 0 radical (unpaired) electrons. The maximum atomic E-state index is 5.52. The van der Waals surface area contributed by atoms with Crippen molar-refractivity contribution in [1.82, 2.24) is 5.43 Å². The molecule has 1 fully saturated rings. The fourth-order valence-electron chi connectivity index (χ4n) is 1.62. The van der Waals surface area contributed by atoms with Gasteiger partial charge in [-0.25, -0.2) is 10.8 Å². The van der Waals surface area contributed by atoms with Crippen LogP contribution >= 0.6 is 0 Å². The molecule has 0 spiro atoms. The number of para-hydroxylation sites is 2. The first-order valence-electron chi connectivity index (χ1n) is 5.67. The number of hydrazine groups is 1. The molecular weight excluding hydrogens is 216 g/mol. The number of hydrogen-bond acceptors (Lipinski definition) is 3. The molecule has 5 heteroatoms. The van der Waals surface area contributed by atoms with Crippen LogP contribution in [0.5, 0.6) is 5.75 Å². The number of nitrogens with zero attached hydrogens (tertiary/aromatic N) is 2. The summed E-state index contributed by atoms with van der Waals surface area (Å²) in [6.45, 7) is 0. The first-order valence-corrected chi connectivity index (χ1v) is 5.67. The van der Waals surface area contributed by atoms with Crippen molar-refractivity contribution < 1.29 is 4.74 Å². The third-order valence-electron chi connectivity index (χ3n) is 2.75. The highest BCUT2D eigenvalue weighted by atomic mass is 16.5. The molecule has 92 valence electrons. The van der Waals surface area contributed by atoms with Gasteiger partial charge in [-0.2, -0.15) is 0 Å². The normalized spacial score (nSPS) is 15.6. The maximum Gasteiger partial charge on any atom is 0.213 e. The minimum Gasteiger partial charge on any atom is -0.495 e. The lowest BCUT2D eigenvalue weighted by molar-refractivity contribution is 0.416. The van der Waals surface area contributed by atoms with Gasteiger partial charge in [-0.1, -0.05) is 12.1 Å². The number of nitrogens with one attached hydrogen (secondary N) is 1. The molecule has 1 aliphatic carbocycles. The fraction of sp³-hybridized carbons (Fsp3) is 0.417. The van der Waals surface area contributed by atoms with Crippen LogP contribution in [0.1, 0.15) is 12.8 Å². The quantitative estimate of drug-likeness (QED) is 0.356. The molecule has 1 aromatic rings. The number of nitrogens with two attached hydrogens (primary N) is 1. The van der Waals surface area contributed by atoms with Gasteiger partial charge in [0.25, 0.3) is 0 Å². The lowest BCUT2D eigenvalue weighted by Gasteiger charge is -2.22. The van der Waals surface area contributed by atoms with Crippen molar-refractivity contribution in [3.8, 4) is 5.75 Å². The molecule has 1 aliphatic rings. The zero-order valence-electron chi connectivity index (χ0n) is 10.2. The van der Waals surface area contributed by atoms with Crippen molar-refractivity contribution in [3.05, 3.63) is 24.3 Å². The average molecular weight is 234 g/mol. The minimum absolute atomic E-state index is 0.415. The molecule has 0 unspecified atom stereocenters. The first-order chi connectivity index (χ1) is 8.26. The number of hydrogen-bond donors (Lipinski definition) is 2. The molecular formula is C12H18N4O. The van der Waals surface area contributed by atoms with Crippen molar-refractivity contribution in [2.24, 2.45) is 10.8 Å². The van der Waals surface area contributed by atoms with Gasteiger partial charge in [0.05, 0.1) is 18.8 Å². The van der Waals surface area contributed by atoms with Crippen LogP contribution in [0.2, 0.25) is 0 Å². The fourth-order valence-corrected chi connectivity index (χ4v) is 1.62. The van der Waals surface area contributed by atoms with E-state index < -0.39 is 0 Å². The van der Waals surface area contributed by atoms with Crippen LogP contribution in [0.3, 0.4) is 0 Å². The predicted octanol–water partition coefficient (Wildman–Crippen LogP) is 1.11. The number of methoxy groups -OCH3 is 1. The van der Waals surface area contributed by atoms with E-state index in [2.05, 4.69) is 10.4 Å². The highest BCUT2D eigenvalue weighted by Crippen LogP contribution is 2.28. The van der Waals surface area contributed by atoms with Gasteiger partial charge in [0.1, 0.15) is 5.75 Å². The number of rotatable bonds is 3. The summed E-state index contributed by atoms with van der Waals surface area (Å²) in [7, 11) is 3.57. The van der Waals surface area contributed by atoms with Gasteiger partial charge in [-0.05, 0) is 25.0 Å². The largest absolute Gasteiger partial charge is 0.495 e. The van der Waals surface area contributed by atoms with E-state index in [1.54, 1.807) is 7.11 Å². The van der Waals surface area contributed by atoms with Gasteiger partial charge in [-0.3, -0.25) is 5.43 Å². The zero-order chi connectivity index (χ0) is 12.3. The van der Waals surface area contributed by atoms with Crippen molar-refractivity contribution in [2.75, 3.05) is 19.1 Å². The number of guanidine groups is 1. The Bertz CT molecular complexity index is 415. The molecule has 0 aromatic heterocycles.